The van der Waals surface area contributed by atoms with Gasteiger partial charge in [-0.25, -0.2) is 4.99 Å². The van der Waals surface area contributed by atoms with E-state index in [0.717, 1.165) is 55.2 Å². The van der Waals surface area contributed by atoms with Crippen molar-refractivity contribution >= 4 is 16.9 Å². The summed E-state index contributed by atoms with van der Waals surface area (Å²) in [7, 11) is 0. The molecule has 0 amide bonds. The Morgan fingerprint density at radius 2 is 2.20 bits per heavy atom. The van der Waals surface area contributed by atoms with E-state index >= 15 is 0 Å². The highest BCUT2D eigenvalue weighted by atomic mass is 16.5. The van der Waals surface area contributed by atoms with Crippen molar-refractivity contribution in [3.05, 3.63) is 36.1 Å². The van der Waals surface area contributed by atoms with Gasteiger partial charge in [-0.15, -0.1) is 0 Å². The Morgan fingerprint density at radius 1 is 1.32 bits per heavy atom. The van der Waals surface area contributed by atoms with E-state index < -0.39 is 0 Å². The summed E-state index contributed by atoms with van der Waals surface area (Å²) in [4.78, 5) is 4.63. The zero-order valence-electron chi connectivity index (χ0n) is 14.8. The van der Waals surface area contributed by atoms with Crippen molar-refractivity contribution in [3.63, 3.8) is 0 Å². The van der Waals surface area contributed by atoms with Crippen LogP contribution in [0.1, 0.15) is 25.5 Å². The van der Waals surface area contributed by atoms with Crippen molar-refractivity contribution in [1.29, 1.82) is 0 Å². The molecular weight excluding hydrogens is 318 g/mol. The number of nitrogens with zero attached hydrogens (tertiary/aromatic N) is 1. The molecule has 3 rings (SSSR count). The number of aliphatic imine (C=N–C) groups is 1. The summed E-state index contributed by atoms with van der Waals surface area (Å²) in [6.45, 7) is 5.67. The molecule has 25 heavy (non-hydrogen) atoms. The highest BCUT2D eigenvalue weighted by molar-refractivity contribution is 5.80. The minimum atomic E-state index is -0.00962. The molecule has 0 saturated carbocycles. The van der Waals surface area contributed by atoms with Crippen molar-refractivity contribution in [2.24, 2.45) is 10.4 Å². The third-order valence-corrected chi connectivity index (χ3v) is 4.67. The summed E-state index contributed by atoms with van der Waals surface area (Å²) in [6, 6.07) is 10.00. The van der Waals surface area contributed by atoms with Gasteiger partial charge < -0.3 is 24.9 Å². The topological polar surface area (TPSA) is 79.0 Å². The van der Waals surface area contributed by atoms with E-state index in [1.807, 2.05) is 37.3 Å². The van der Waals surface area contributed by atoms with Crippen LogP contribution in [0, 0.1) is 5.41 Å². The van der Waals surface area contributed by atoms with E-state index in [-0.39, 0.29) is 12.0 Å². The molecule has 6 nitrogen and oxygen atoms in total. The first-order chi connectivity index (χ1) is 12.2. The minimum Gasteiger partial charge on any atom is -0.459 e. The molecule has 1 atom stereocenters. The molecule has 0 bridgehead atoms. The molecule has 0 spiro atoms. The number of nitrogens with one attached hydrogen (secondary N) is 2. The minimum absolute atomic E-state index is 0.00962. The Balaban J connectivity index is 1.64. The van der Waals surface area contributed by atoms with Crippen LogP contribution < -0.4 is 10.6 Å². The van der Waals surface area contributed by atoms with E-state index in [1.54, 1.807) is 0 Å². The number of para-hydroxylation sites is 1. The molecule has 3 N–H and O–H groups in total. The van der Waals surface area contributed by atoms with Gasteiger partial charge in [0, 0.05) is 37.1 Å². The zero-order chi connectivity index (χ0) is 17.5. The Labute approximate surface area is 148 Å². The maximum atomic E-state index is 9.34. The van der Waals surface area contributed by atoms with Crippen LogP contribution in [-0.4, -0.2) is 44.0 Å². The van der Waals surface area contributed by atoms with Crippen LogP contribution in [-0.2, 0) is 11.3 Å². The smallest absolute Gasteiger partial charge is 0.191 e. The van der Waals surface area contributed by atoms with Gasteiger partial charge >= 0.3 is 0 Å². The van der Waals surface area contributed by atoms with Gasteiger partial charge in [-0.1, -0.05) is 18.2 Å². The fraction of sp³-hybridized carbons (Fsp3) is 0.526. The number of ether oxygens (including phenoxy) is 1. The van der Waals surface area contributed by atoms with Gasteiger partial charge in [-0.2, -0.15) is 0 Å². The second-order valence-electron chi connectivity index (χ2n) is 6.58. The van der Waals surface area contributed by atoms with Gasteiger partial charge in [0.05, 0.1) is 6.61 Å². The van der Waals surface area contributed by atoms with Gasteiger partial charge in [0.15, 0.2) is 5.96 Å². The number of fused-ring (bicyclic) bond motifs is 1. The summed E-state index contributed by atoms with van der Waals surface area (Å²) in [5, 5.41) is 17.1. The molecule has 2 aromatic rings. The third kappa shape index (κ3) is 4.52. The van der Waals surface area contributed by atoms with Crippen LogP contribution >= 0.6 is 0 Å². The molecular formula is C19H27N3O3. The maximum Gasteiger partial charge on any atom is 0.191 e. The molecule has 1 aromatic carbocycles. The van der Waals surface area contributed by atoms with Crippen molar-refractivity contribution in [3.8, 4) is 0 Å². The van der Waals surface area contributed by atoms with Crippen LogP contribution in [0.2, 0.25) is 0 Å². The van der Waals surface area contributed by atoms with E-state index in [0.29, 0.717) is 13.2 Å². The lowest BCUT2D eigenvalue weighted by atomic mass is 9.84. The van der Waals surface area contributed by atoms with Crippen LogP contribution in [0.5, 0.6) is 0 Å². The highest BCUT2D eigenvalue weighted by Crippen LogP contribution is 2.31. The van der Waals surface area contributed by atoms with Gasteiger partial charge in [0.1, 0.15) is 17.9 Å². The first-order valence-electron chi connectivity index (χ1n) is 8.93. The lowest BCUT2D eigenvalue weighted by Crippen LogP contribution is -2.44. The number of rotatable bonds is 7. The molecule has 0 aliphatic carbocycles. The van der Waals surface area contributed by atoms with Gasteiger partial charge in [0.2, 0.25) is 0 Å². The van der Waals surface area contributed by atoms with Gasteiger partial charge in [0.25, 0.3) is 0 Å². The van der Waals surface area contributed by atoms with Crippen molar-refractivity contribution in [1.82, 2.24) is 10.6 Å². The van der Waals surface area contributed by atoms with Gasteiger partial charge in [-0.05, 0) is 31.9 Å². The Morgan fingerprint density at radius 3 is 2.92 bits per heavy atom. The monoisotopic (exact) mass is 345 g/mol. The predicted molar refractivity (Wildman–Crippen MR) is 98.6 cm³/mol. The van der Waals surface area contributed by atoms with E-state index in [9.17, 15) is 5.11 Å². The third-order valence-electron chi connectivity index (χ3n) is 4.67. The largest absolute Gasteiger partial charge is 0.459 e. The number of guanidine groups is 1. The number of aliphatic hydroxyl groups excluding tert-OH is 1. The Bertz CT molecular complexity index is 672. The van der Waals surface area contributed by atoms with Gasteiger partial charge in [-0.3, -0.25) is 0 Å². The first-order valence-corrected chi connectivity index (χ1v) is 8.93. The predicted octanol–water partition coefficient (Wildman–Crippen LogP) is 2.28. The number of furan rings is 1. The summed E-state index contributed by atoms with van der Waals surface area (Å²) < 4.78 is 11.4. The average Bonchev–Trinajstić information content (AvgIpc) is 3.24. The molecule has 1 unspecified atom stereocenters. The van der Waals surface area contributed by atoms with Crippen LogP contribution in [0.3, 0.4) is 0 Å². The molecule has 1 aliphatic rings. The van der Waals surface area contributed by atoms with E-state index in [1.165, 1.54) is 0 Å². The molecule has 1 aliphatic heterocycles. The number of benzene rings is 1. The van der Waals surface area contributed by atoms with E-state index in [2.05, 4.69) is 15.6 Å². The molecule has 2 heterocycles. The fourth-order valence-corrected chi connectivity index (χ4v) is 3.20. The Hall–Kier alpha value is -2.05. The molecule has 6 heteroatoms. The lowest BCUT2D eigenvalue weighted by molar-refractivity contribution is 0.127. The zero-order valence-corrected chi connectivity index (χ0v) is 14.8. The number of hydrogen-bond acceptors (Lipinski definition) is 4. The normalized spacial score (nSPS) is 21.0. The summed E-state index contributed by atoms with van der Waals surface area (Å²) in [6.07, 6.45) is 1.70. The summed E-state index contributed by atoms with van der Waals surface area (Å²) in [5.41, 5.74) is 0.875. The number of aliphatic hydroxyl groups is 1. The first kappa shape index (κ1) is 17.8. The SMILES string of the molecule is CCNC(=NCc1cc2ccccc2o1)NCC1(CCO)CCOC1. The Kier molecular flexibility index (Phi) is 5.94. The second-order valence-corrected chi connectivity index (χ2v) is 6.58. The lowest BCUT2D eigenvalue weighted by Gasteiger charge is -2.27. The van der Waals surface area contributed by atoms with Crippen molar-refractivity contribution < 1.29 is 14.3 Å². The van der Waals surface area contributed by atoms with Crippen LogP contribution in [0.15, 0.2) is 39.7 Å². The highest BCUT2D eigenvalue weighted by Gasteiger charge is 2.34. The molecule has 1 fully saturated rings. The standard InChI is InChI=1S/C19H27N3O3/c1-2-20-18(22-13-19(7-9-23)8-10-24-14-19)21-12-16-11-15-5-3-4-6-17(15)25-16/h3-6,11,23H,2,7-10,12-14H2,1H3,(H2,20,21,22). The molecule has 1 saturated heterocycles. The quantitative estimate of drug-likeness (QED) is 0.530. The average molecular weight is 345 g/mol. The molecule has 0 radical (unpaired) electrons. The number of hydrogen-bond donors (Lipinski definition) is 3. The molecule has 136 valence electrons. The van der Waals surface area contributed by atoms with Crippen LogP contribution in [0.4, 0.5) is 0 Å². The summed E-state index contributed by atoms with van der Waals surface area (Å²) in [5.74, 6) is 1.60. The second kappa shape index (κ2) is 8.36. The van der Waals surface area contributed by atoms with E-state index in [4.69, 9.17) is 9.15 Å². The molecule has 1 aromatic heterocycles. The summed E-state index contributed by atoms with van der Waals surface area (Å²) >= 11 is 0. The van der Waals surface area contributed by atoms with Crippen LogP contribution in [0.25, 0.3) is 11.0 Å². The fourth-order valence-electron chi connectivity index (χ4n) is 3.20. The van der Waals surface area contributed by atoms with Crippen molar-refractivity contribution in [2.45, 2.75) is 26.3 Å². The van der Waals surface area contributed by atoms with Crippen molar-refractivity contribution in [2.75, 3.05) is 32.9 Å². The maximum absolute atomic E-state index is 9.34.